The van der Waals surface area contributed by atoms with Crippen LogP contribution in [-0.2, 0) is 11.2 Å². The number of nitrogens with zero attached hydrogens (tertiary/aromatic N) is 1. The van der Waals surface area contributed by atoms with Gasteiger partial charge in [0, 0.05) is 35.6 Å². The van der Waals surface area contributed by atoms with Crippen LogP contribution in [-0.4, -0.2) is 43.8 Å². The minimum atomic E-state index is -0.206. The van der Waals surface area contributed by atoms with E-state index in [1.807, 2.05) is 13.1 Å². The van der Waals surface area contributed by atoms with E-state index in [0.717, 1.165) is 61.7 Å². The first kappa shape index (κ1) is 20.0. The van der Waals surface area contributed by atoms with E-state index in [-0.39, 0.29) is 35.2 Å². The second kappa shape index (κ2) is 8.84. The predicted molar refractivity (Wildman–Crippen MR) is 110 cm³/mol. The summed E-state index contributed by atoms with van der Waals surface area (Å²) < 4.78 is 18.7. The second-order valence-corrected chi connectivity index (χ2v) is 6.68. The molecule has 138 valence electrons. The normalized spacial score (nSPS) is 16.2. The van der Waals surface area contributed by atoms with Gasteiger partial charge in [0.2, 0.25) is 0 Å². The van der Waals surface area contributed by atoms with Gasteiger partial charge in [-0.2, -0.15) is 0 Å². The quantitative estimate of drug-likeness (QED) is 0.353. The summed E-state index contributed by atoms with van der Waals surface area (Å²) in [5, 5.41) is 7.55. The zero-order valence-electron chi connectivity index (χ0n) is 14.7. The van der Waals surface area contributed by atoms with Crippen molar-refractivity contribution in [3.63, 3.8) is 0 Å². The number of halogens is 2. The van der Waals surface area contributed by atoms with Crippen molar-refractivity contribution in [2.45, 2.75) is 20.3 Å². The third-order valence-electron chi connectivity index (χ3n) is 4.28. The number of fused-ring (bicyclic) bond motifs is 1. The fraction of sp³-hybridized carbons (Fsp3) is 0.500. The van der Waals surface area contributed by atoms with Gasteiger partial charge in [0.25, 0.3) is 0 Å². The summed E-state index contributed by atoms with van der Waals surface area (Å²) in [6.45, 7) is 8.09. The molecule has 0 saturated carbocycles. The van der Waals surface area contributed by atoms with Gasteiger partial charge in [-0.1, -0.05) is 6.92 Å². The SMILES string of the molecule is CCNC(=NCC1(C)COC1)NCCc1c[nH]c2ccc(F)cc12.I. The molecule has 1 aliphatic heterocycles. The summed E-state index contributed by atoms with van der Waals surface area (Å²) in [6, 6.07) is 4.83. The lowest BCUT2D eigenvalue weighted by molar-refractivity contribution is -0.0945. The Bertz CT molecular complexity index is 727. The molecular formula is C18H26FIN4O. The van der Waals surface area contributed by atoms with Gasteiger partial charge in [0.05, 0.1) is 19.8 Å². The number of guanidine groups is 1. The third-order valence-corrected chi connectivity index (χ3v) is 4.28. The Morgan fingerprint density at radius 1 is 1.36 bits per heavy atom. The molecule has 2 heterocycles. The van der Waals surface area contributed by atoms with Crippen molar-refractivity contribution in [1.29, 1.82) is 0 Å². The maximum absolute atomic E-state index is 13.4. The molecule has 1 fully saturated rings. The van der Waals surface area contributed by atoms with Gasteiger partial charge in [-0.3, -0.25) is 4.99 Å². The van der Waals surface area contributed by atoms with Crippen LogP contribution >= 0.6 is 24.0 Å². The molecule has 0 spiro atoms. The van der Waals surface area contributed by atoms with Crippen molar-refractivity contribution in [2.24, 2.45) is 10.4 Å². The molecule has 0 amide bonds. The van der Waals surface area contributed by atoms with Crippen molar-refractivity contribution < 1.29 is 9.13 Å². The van der Waals surface area contributed by atoms with Crippen LogP contribution in [0.4, 0.5) is 4.39 Å². The highest BCUT2D eigenvalue weighted by Gasteiger charge is 2.33. The first-order chi connectivity index (χ1) is 11.6. The van der Waals surface area contributed by atoms with Gasteiger partial charge in [-0.25, -0.2) is 4.39 Å². The van der Waals surface area contributed by atoms with E-state index in [0.29, 0.717) is 0 Å². The number of benzene rings is 1. The number of nitrogens with one attached hydrogen (secondary N) is 3. The Morgan fingerprint density at radius 2 is 2.16 bits per heavy atom. The topological polar surface area (TPSA) is 61.4 Å². The molecule has 7 heteroatoms. The number of hydrogen-bond donors (Lipinski definition) is 3. The number of aromatic nitrogens is 1. The van der Waals surface area contributed by atoms with Crippen molar-refractivity contribution in [3.8, 4) is 0 Å². The average Bonchev–Trinajstić information content (AvgIpc) is 2.93. The zero-order valence-corrected chi connectivity index (χ0v) is 17.0. The summed E-state index contributed by atoms with van der Waals surface area (Å²) >= 11 is 0. The number of aromatic amines is 1. The maximum atomic E-state index is 13.4. The molecule has 25 heavy (non-hydrogen) atoms. The summed E-state index contributed by atoms with van der Waals surface area (Å²) in [4.78, 5) is 7.83. The minimum absolute atomic E-state index is 0. The highest BCUT2D eigenvalue weighted by Crippen LogP contribution is 2.26. The highest BCUT2D eigenvalue weighted by molar-refractivity contribution is 14.0. The first-order valence-electron chi connectivity index (χ1n) is 8.45. The Hall–Kier alpha value is -1.35. The summed E-state index contributed by atoms with van der Waals surface area (Å²) in [6.07, 6.45) is 2.75. The third kappa shape index (κ3) is 5.07. The molecule has 3 N–H and O–H groups in total. The summed E-state index contributed by atoms with van der Waals surface area (Å²) in [7, 11) is 0. The Balaban J connectivity index is 0.00000225. The summed E-state index contributed by atoms with van der Waals surface area (Å²) in [5.41, 5.74) is 2.23. The fourth-order valence-electron chi connectivity index (χ4n) is 2.83. The minimum Gasteiger partial charge on any atom is -0.380 e. The van der Waals surface area contributed by atoms with Crippen LogP contribution in [0.3, 0.4) is 0 Å². The van der Waals surface area contributed by atoms with E-state index in [1.54, 1.807) is 12.1 Å². The smallest absolute Gasteiger partial charge is 0.191 e. The van der Waals surface area contributed by atoms with Gasteiger partial charge in [0.1, 0.15) is 5.82 Å². The van der Waals surface area contributed by atoms with E-state index in [2.05, 4.69) is 27.5 Å². The van der Waals surface area contributed by atoms with E-state index < -0.39 is 0 Å². The first-order valence-corrected chi connectivity index (χ1v) is 8.45. The Morgan fingerprint density at radius 3 is 2.84 bits per heavy atom. The van der Waals surface area contributed by atoms with Crippen molar-refractivity contribution in [1.82, 2.24) is 15.6 Å². The second-order valence-electron chi connectivity index (χ2n) is 6.68. The lowest BCUT2D eigenvalue weighted by Gasteiger charge is -2.36. The molecular weight excluding hydrogens is 434 g/mol. The van der Waals surface area contributed by atoms with Crippen LogP contribution in [0, 0.1) is 11.2 Å². The average molecular weight is 460 g/mol. The predicted octanol–water partition coefficient (Wildman–Crippen LogP) is 3.06. The monoisotopic (exact) mass is 460 g/mol. The van der Waals surface area contributed by atoms with Crippen LogP contribution in [0.1, 0.15) is 19.4 Å². The lowest BCUT2D eigenvalue weighted by atomic mass is 9.89. The molecule has 1 aromatic heterocycles. The maximum Gasteiger partial charge on any atom is 0.191 e. The van der Waals surface area contributed by atoms with Crippen LogP contribution in [0.15, 0.2) is 29.4 Å². The number of hydrogen-bond acceptors (Lipinski definition) is 2. The molecule has 5 nitrogen and oxygen atoms in total. The lowest BCUT2D eigenvalue weighted by Crippen LogP contribution is -2.44. The number of H-pyrrole nitrogens is 1. The Labute approximate surface area is 164 Å². The van der Waals surface area contributed by atoms with Crippen LogP contribution in [0.25, 0.3) is 10.9 Å². The van der Waals surface area contributed by atoms with Crippen molar-refractivity contribution in [3.05, 3.63) is 35.8 Å². The van der Waals surface area contributed by atoms with E-state index in [1.165, 1.54) is 6.07 Å². The highest BCUT2D eigenvalue weighted by atomic mass is 127. The summed E-state index contributed by atoms with van der Waals surface area (Å²) in [5.74, 6) is 0.610. The van der Waals surface area contributed by atoms with Crippen LogP contribution < -0.4 is 10.6 Å². The fourth-order valence-corrected chi connectivity index (χ4v) is 2.83. The molecule has 0 aliphatic carbocycles. The molecule has 3 rings (SSSR count). The van der Waals surface area contributed by atoms with Gasteiger partial charge in [-0.05, 0) is 37.1 Å². The van der Waals surface area contributed by atoms with Gasteiger partial charge in [-0.15, -0.1) is 24.0 Å². The molecule has 1 aliphatic rings. The molecule has 0 atom stereocenters. The zero-order chi connectivity index (χ0) is 17.0. The number of aliphatic imine (C=N–C) groups is 1. The van der Waals surface area contributed by atoms with E-state index >= 15 is 0 Å². The van der Waals surface area contributed by atoms with Gasteiger partial charge >= 0.3 is 0 Å². The van der Waals surface area contributed by atoms with Crippen LogP contribution in [0.2, 0.25) is 0 Å². The van der Waals surface area contributed by atoms with Crippen molar-refractivity contribution >= 4 is 40.8 Å². The molecule has 1 saturated heterocycles. The van der Waals surface area contributed by atoms with E-state index in [9.17, 15) is 4.39 Å². The van der Waals surface area contributed by atoms with Gasteiger partial charge < -0.3 is 20.4 Å². The van der Waals surface area contributed by atoms with E-state index in [4.69, 9.17) is 4.74 Å². The number of ether oxygens (including phenoxy) is 1. The van der Waals surface area contributed by atoms with Gasteiger partial charge in [0.15, 0.2) is 5.96 Å². The number of rotatable bonds is 6. The molecule has 0 bridgehead atoms. The molecule has 1 aromatic carbocycles. The molecule has 0 radical (unpaired) electrons. The largest absolute Gasteiger partial charge is 0.380 e. The standard InChI is InChI=1S/C18H25FN4O.HI/c1-3-20-17(23-10-18(2)11-24-12-18)21-7-6-13-9-22-16-5-4-14(19)8-15(13)16;/h4-5,8-9,22H,3,6-7,10-12H2,1-2H3,(H2,20,21,23);1H. The van der Waals surface area contributed by atoms with Crippen LogP contribution in [0.5, 0.6) is 0 Å². The molecule has 2 aromatic rings. The molecule has 0 unspecified atom stereocenters. The Kier molecular flexibility index (Phi) is 7.06. The van der Waals surface area contributed by atoms with Crippen molar-refractivity contribution in [2.75, 3.05) is 32.8 Å².